The number of likely N-dealkylation sites (N-methyl/N-ethyl adjacent to an activating group) is 1. The molecular weight excluding hydrogens is 304 g/mol. The zero-order valence-electron chi connectivity index (χ0n) is 14.8. The van der Waals surface area contributed by atoms with Gasteiger partial charge in [-0.2, -0.15) is 0 Å². The summed E-state index contributed by atoms with van der Waals surface area (Å²) in [5.74, 6) is 1.12. The fraction of sp³-hybridized carbons (Fsp3) is 0.316. The van der Waals surface area contributed by atoms with Crippen molar-refractivity contribution in [3.8, 4) is 11.5 Å². The molecule has 0 heterocycles. The van der Waals surface area contributed by atoms with Crippen molar-refractivity contribution in [2.24, 2.45) is 0 Å². The van der Waals surface area contributed by atoms with Gasteiger partial charge in [0.25, 0.3) is 0 Å². The molecule has 0 radical (unpaired) electrons. The minimum absolute atomic E-state index is 0.0929. The summed E-state index contributed by atoms with van der Waals surface area (Å²) >= 11 is 0. The Balaban J connectivity index is 2.05. The molecule has 0 atom stereocenters. The van der Waals surface area contributed by atoms with Gasteiger partial charge in [0.15, 0.2) is 11.5 Å². The van der Waals surface area contributed by atoms with Gasteiger partial charge in [-0.15, -0.1) is 0 Å². The van der Waals surface area contributed by atoms with Crippen molar-refractivity contribution >= 4 is 17.3 Å². The molecule has 2 aromatic carbocycles. The number of nitrogens with one attached hydrogen (secondary N) is 1. The highest BCUT2D eigenvalue weighted by molar-refractivity contribution is 5.94. The largest absolute Gasteiger partial charge is 0.493 e. The molecule has 0 saturated heterocycles. The molecule has 0 saturated carbocycles. The number of amides is 1. The van der Waals surface area contributed by atoms with Crippen molar-refractivity contribution in [2.45, 2.75) is 13.8 Å². The first-order valence-corrected chi connectivity index (χ1v) is 7.75. The second kappa shape index (κ2) is 7.73. The van der Waals surface area contributed by atoms with E-state index in [1.54, 1.807) is 32.4 Å². The molecule has 1 amide bonds. The SMILES string of the molecule is COc1ccc(NC(=O)CN(C)c2ccc(C)cc2C)cc1OC. The lowest BCUT2D eigenvalue weighted by atomic mass is 10.1. The summed E-state index contributed by atoms with van der Waals surface area (Å²) in [5.41, 5.74) is 4.07. The third-order valence-corrected chi connectivity index (χ3v) is 3.81. The minimum atomic E-state index is -0.0929. The summed E-state index contributed by atoms with van der Waals surface area (Å²) < 4.78 is 10.4. The van der Waals surface area contributed by atoms with Gasteiger partial charge in [0.1, 0.15) is 0 Å². The molecule has 128 valence electrons. The van der Waals surface area contributed by atoms with Crippen LogP contribution in [0.2, 0.25) is 0 Å². The molecule has 2 aromatic rings. The standard InChI is InChI=1S/C19H24N2O3/c1-13-6-8-16(14(2)10-13)21(3)12-19(22)20-15-7-9-17(23-4)18(11-15)24-5/h6-11H,12H2,1-5H3,(H,20,22). The van der Waals surface area contributed by atoms with Crippen LogP contribution in [0.3, 0.4) is 0 Å². The maximum absolute atomic E-state index is 12.3. The molecule has 1 N–H and O–H groups in total. The van der Waals surface area contributed by atoms with E-state index in [2.05, 4.69) is 18.3 Å². The highest BCUT2D eigenvalue weighted by Gasteiger charge is 2.11. The Hall–Kier alpha value is -2.69. The van der Waals surface area contributed by atoms with Gasteiger partial charge < -0.3 is 19.7 Å². The third-order valence-electron chi connectivity index (χ3n) is 3.81. The Bertz CT molecular complexity index is 729. The predicted molar refractivity (Wildman–Crippen MR) is 97.4 cm³/mol. The van der Waals surface area contributed by atoms with E-state index < -0.39 is 0 Å². The highest BCUT2D eigenvalue weighted by Crippen LogP contribution is 2.29. The quantitative estimate of drug-likeness (QED) is 0.883. The van der Waals surface area contributed by atoms with Crippen LogP contribution in [0.5, 0.6) is 11.5 Å². The smallest absolute Gasteiger partial charge is 0.243 e. The molecule has 0 fully saturated rings. The van der Waals surface area contributed by atoms with Crippen molar-refractivity contribution in [3.63, 3.8) is 0 Å². The molecule has 2 rings (SSSR count). The minimum Gasteiger partial charge on any atom is -0.493 e. The van der Waals surface area contributed by atoms with E-state index in [0.29, 0.717) is 17.2 Å². The van der Waals surface area contributed by atoms with Gasteiger partial charge in [0.2, 0.25) is 5.91 Å². The Morgan fingerprint density at radius 2 is 1.75 bits per heavy atom. The number of ether oxygens (including phenoxy) is 2. The third kappa shape index (κ3) is 4.19. The molecule has 0 unspecified atom stereocenters. The van der Waals surface area contributed by atoms with Gasteiger partial charge in [0.05, 0.1) is 20.8 Å². The topological polar surface area (TPSA) is 50.8 Å². The first-order chi connectivity index (χ1) is 11.4. The average molecular weight is 328 g/mol. The molecule has 0 aliphatic heterocycles. The Morgan fingerprint density at radius 1 is 1.04 bits per heavy atom. The van der Waals surface area contributed by atoms with Gasteiger partial charge >= 0.3 is 0 Å². The van der Waals surface area contributed by atoms with E-state index in [-0.39, 0.29) is 12.5 Å². The zero-order chi connectivity index (χ0) is 17.7. The van der Waals surface area contributed by atoms with Gasteiger partial charge in [0, 0.05) is 24.5 Å². The zero-order valence-corrected chi connectivity index (χ0v) is 14.8. The highest BCUT2D eigenvalue weighted by atomic mass is 16.5. The van der Waals surface area contributed by atoms with Crippen LogP contribution in [0.15, 0.2) is 36.4 Å². The summed E-state index contributed by atoms with van der Waals surface area (Å²) in [6.07, 6.45) is 0. The first-order valence-electron chi connectivity index (χ1n) is 7.75. The number of hydrogen-bond acceptors (Lipinski definition) is 4. The monoisotopic (exact) mass is 328 g/mol. The normalized spacial score (nSPS) is 10.2. The lowest BCUT2D eigenvalue weighted by molar-refractivity contribution is -0.114. The number of anilines is 2. The van der Waals surface area contributed by atoms with E-state index in [1.165, 1.54) is 5.56 Å². The number of methoxy groups -OCH3 is 2. The molecule has 0 aliphatic carbocycles. The van der Waals surface area contributed by atoms with E-state index in [4.69, 9.17) is 9.47 Å². The number of nitrogens with zero attached hydrogens (tertiary/aromatic N) is 1. The average Bonchev–Trinajstić information content (AvgIpc) is 2.54. The number of rotatable bonds is 6. The van der Waals surface area contributed by atoms with Crippen LogP contribution in [-0.2, 0) is 4.79 Å². The van der Waals surface area contributed by atoms with Crippen LogP contribution in [0, 0.1) is 13.8 Å². The van der Waals surface area contributed by atoms with Crippen molar-refractivity contribution in [1.82, 2.24) is 0 Å². The van der Waals surface area contributed by atoms with Gasteiger partial charge in [-0.3, -0.25) is 4.79 Å². The molecule has 24 heavy (non-hydrogen) atoms. The Labute approximate surface area is 143 Å². The van der Waals surface area contributed by atoms with Crippen molar-refractivity contribution in [2.75, 3.05) is 38.0 Å². The summed E-state index contributed by atoms with van der Waals surface area (Å²) in [6.45, 7) is 4.36. The van der Waals surface area contributed by atoms with Crippen LogP contribution in [0.25, 0.3) is 0 Å². The van der Waals surface area contributed by atoms with Crippen LogP contribution in [-0.4, -0.2) is 33.7 Å². The molecule has 0 aromatic heterocycles. The molecular formula is C19H24N2O3. The maximum atomic E-state index is 12.3. The molecule has 0 aliphatic rings. The number of carbonyl (C=O) groups is 1. The second-order valence-corrected chi connectivity index (χ2v) is 5.76. The van der Waals surface area contributed by atoms with Crippen LogP contribution < -0.4 is 19.7 Å². The van der Waals surface area contributed by atoms with Gasteiger partial charge in [-0.05, 0) is 37.6 Å². The number of benzene rings is 2. The van der Waals surface area contributed by atoms with Crippen molar-refractivity contribution in [3.05, 3.63) is 47.5 Å². The Morgan fingerprint density at radius 3 is 2.38 bits per heavy atom. The second-order valence-electron chi connectivity index (χ2n) is 5.76. The molecule has 0 spiro atoms. The molecule has 0 bridgehead atoms. The van der Waals surface area contributed by atoms with Crippen LogP contribution >= 0.6 is 0 Å². The van der Waals surface area contributed by atoms with Gasteiger partial charge in [-0.1, -0.05) is 17.7 Å². The van der Waals surface area contributed by atoms with E-state index in [9.17, 15) is 4.79 Å². The Kier molecular flexibility index (Phi) is 5.68. The number of carbonyl (C=O) groups excluding carboxylic acids is 1. The van der Waals surface area contributed by atoms with Crippen molar-refractivity contribution in [1.29, 1.82) is 0 Å². The predicted octanol–water partition coefficient (Wildman–Crippen LogP) is 3.40. The number of aryl methyl sites for hydroxylation is 2. The summed E-state index contributed by atoms with van der Waals surface area (Å²) in [5, 5.41) is 2.88. The van der Waals surface area contributed by atoms with E-state index >= 15 is 0 Å². The maximum Gasteiger partial charge on any atom is 0.243 e. The van der Waals surface area contributed by atoms with Gasteiger partial charge in [-0.25, -0.2) is 0 Å². The van der Waals surface area contributed by atoms with Crippen LogP contribution in [0.4, 0.5) is 11.4 Å². The van der Waals surface area contributed by atoms with Crippen molar-refractivity contribution < 1.29 is 14.3 Å². The molecule has 5 heteroatoms. The van der Waals surface area contributed by atoms with Crippen LogP contribution in [0.1, 0.15) is 11.1 Å². The summed E-state index contributed by atoms with van der Waals surface area (Å²) in [4.78, 5) is 14.2. The fourth-order valence-corrected chi connectivity index (χ4v) is 2.65. The van der Waals surface area contributed by atoms with E-state index in [1.807, 2.05) is 31.0 Å². The summed E-state index contributed by atoms with van der Waals surface area (Å²) in [6, 6.07) is 11.5. The lowest BCUT2D eigenvalue weighted by Gasteiger charge is -2.21. The fourth-order valence-electron chi connectivity index (χ4n) is 2.65. The summed E-state index contributed by atoms with van der Waals surface area (Å²) in [7, 11) is 5.05. The molecule has 5 nitrogen and oxygen atoms in total. The first kappa shape index (κ1) is 17.7. The van der Waals surface area contributed by atoms with E-state index in [0.717, 1.165) is 11.3 Å². The lowest BCUT2D eigenvalue weighted by Crippen LogP contribution is -2.30. The number of hydrogen-bond donors (Lipinski definition) is 1.